The fourth-order valence-electron chi connectivity index (χ4n) is 5.48. The van der Waals surface area contributed by atoms with Crippen molar-refractivity contribution < 1.29 is 13.2 Å². The second-order valence-electron chi connectivity index (χ2n) is 11.0. The van der Waals surface area contributed by atoms with Crippen LogP contribution in [0.15, 0.2) is 90.1 Å². The van der Waals surface area contributed by atoms with Gasteiger partial charge in [-0.3, -0.25) is 9.89 Å². The first-order valence-electron chi connectivity index (χ1n) is 14.5. The van der Waals surface area contributed by atoms with E-state index in [1.165, 1.54) is 10.2 Å². The van der Waals surface area contributed by atoms with Crippen molar-refractivity contribution in [2.24, 2.45) is 0 Å². The Hall–Kier alpha value is -5.43. The molecule has 0 aliphatic carbocycles. The molecule has 3 aromatic carbocycles. The Morgan fingerprint density at radius 3 is 2.33 bits per heavy atom. The number of aromatic nitrogens is 5. The van der Waals surface area contributed by atoms with Crippen molar-refractivity contribution in [1.82, 2.24) is 29.0 Å². The lowest BCUT2D eigenvalue weighted by molar-refractivity contribution is -0.129. The summed E-state index contributed by atoms with van der Waals surface area (Å²) in [5, 5.41) is 15.2. The van der Waals surface area contributed by atoms with Gasteiger partial charge in [0.1, 0.15) is 5.82 Å². The lowest BCUT2D eigenvalue weighted by atomic mass is 10.2. The molecule has 45 heavy (non-hydrogen) atoms. The lowest BCUT2D eigenvalue weighted by Gasteiger charge is -2.35. The van der Waals surface area contributed by atoms with E-state index in [1.807, 2.05) is 54.3 Å². The molecule has 0 radical (unpaired) electrons. The number of aryl methyl sites for hydroxylation is 1. The molecule has 0 bridgehead atoms. The van der Waals surface area contributed by atoms with E-state index in [0.29, 0.717) is 24.3 Å². The van der Waals surface area contributed by atoms with E-state index in [-0.39, 0.29) is 22.4 Å². The number of amides is 1. The molecule has 0 unspecified atom stereocenters. The summed E-state index contributed by atoms with van der Waals surface area (Å²) in [6.07, 6.45) is 3.25. The van der Waals surface area contributed by atoms with Crippen LogP contribution in [0.3, 0.4) is 0 Å². The highest BCUT2D eigenvalue weighted by Crippen LogP contribution is 2.31. The molecule has 1 fully saturated rings. The van der Waals surface area contributed by atoms with E-state index >= 15 is 0 Å². The summed E-state index contributed by atoms with van der Waals surface area (Å²) in [4.78, 5) is 25.4. The van der Waals surface area contributed by atoms with Crippen LogP contribution in [-0.4, -0.2) is 69.5 Å². The van der Waals surface area contributed by atoms with Crippen LogP contribution in [0.1, 0.15) is 12.5 Å². The fraction of sp³-hybridized carbons (Fsp3) is 0.188. The minimum absolute atomic E-state index is 0.0969. The fourth-order valence-corrected chi connectivity index (χ4v) is 6.77. The van der Waals surface area contributed by atoms with Crippen LogP contribution >= 0.6 is 0 Å². The lowest BCUT2D eigenvalue weighted by Crippen LogP contribution is -2.48. The van der Waals surface area contributed by atoms with Crippen LogP contribution in [-0.2, 0) is 14.8 Å². The molecule has 1 aliphatic heterocycles. The number of piperazine rings is 1. The molecular formula is C32H31N9O3S. The Labute approximate surface area is 259 Å². The molecule has 228 valence electrons. The van der Waals surface area contributed by atoms with Gasteiger partial charge >= 0.3 is 0 Å². The summed E-state index contributed by atoms with van der Waals surface area (Å²) < 4.78 is 28.7. The normalized spacial score (nSPS) is 13.8. The van der Waals surface area contributed by atoms with E-state index in [2.05, 4.69) is 30.7 Å². The monoisotopic (exact) mass is 621 g/mol. The highest BCUT2D eigenvalue weighted by molar-refractivity contribution is 7.90. The minimum atomic E-state index is -3.94. The first-order valence-corrected chi connectivity index (χ1v) is 16.0. The maximum atomic E-state index is 13.7. The minimum Gasteiger partial charge on any atom is -0.368 e. The quantitative estimate of drug-likeness (QED) is 0.224. The number of carbonyl (C=O) groups excluding carboxylic acids is 1. The van der Waals surface area contributed by atoms with Gasteiger partial charge < -0.3 is 20.4 Å². The van der Waals surface area contributed by atoms with Gasteiger partial charge in [0, 0.05) is 61.7 Å². The third-order valence-electron chi connectivity index (χ3n) is 8.01. The molecule has 1 amide bonds. The van der Waals surface area contributed by atoms with Crippen molar-refractivity contribution in [3.8, 4) is 0 Å². The van der Waals surface area contributed by atoms with Crippen molar-refractivity contribution >= 4 is 66.7 Å². The summed E-state index contributed by atoms with van der Waals surface area (Å²) >= 11 is 0. The molecule has 6 aromatic rings. The van der Waals surface area contributed by atoms with Crippen LogP contribution in [0.5, 0.6) is 0 Å². The van der Waals surface area contributed by atoms with E-state index < -0.39 is 10.0 Å². The molecule has 1 aliphatic rings. The van der Waals surface area contributed by atoms with Crippen LogP contribution < -0.4 is 15.5 Å². The van der Waals surface area contributed by atoms with Crippen molar-refractivity contribution in [3.05, 3.63) is 90.8 Å². The molecule has 0 saturated carbocycles. The van der Waals surface area contributed by atoms with Gasteiger partial charge in [-0.05, 0) is 67.6 Å². The molecule has 3 aromatic heterocycles. The topological polar surface area (TPSA) is 141 Å². The SMILES string of the molecule is CC(=O)N1CCN(c2ccc(Nc3nc(Nc4ccc5cn[nH]c5c4)c4ccn(S(=O)(=O)c5ccc(C)cc5)c4n3)cc2)CC1. The van der Waals surface area contributed by atoms with Gasteiger partial charge in [-0.1, -0.05) is 17.7 Å². The number of nitrogens with zero attached hydrogens (tertiary/aromatic N) is 6. The first-order chi connectivity index (χ1) is 21.7. The van der Waals surface area contributed by atoms with Crippen molar-refractivity contribution in [3.63, 3.8) is 0 Å². The van der Waals surface area contributed by atoms with Gasteiger partial charge in [0.15, 0.2) is 5.65 Å². The van der Waals surface area contributed by atoms with Gasteiger partial charge in [-0.25, -0.2) is 12.4 Å². The molecule has 4 heterocycles. The van der Waals surface area contributed by atoms with Crippen LogP contribution in [0.2, 0.25) is 0 Å². The van der Waals surface area contributed by atoms with Gasteiger partial charge in [0.2, 0.25) is 11.9 Å². The number of H-pyrrole nitrogens is 1. The Morgan fingerprint density at radius 1 is 0.867 bits per heavy atom. The second-order valence-corrected chi connectivity index (χ2v) is 12.8. The number of hydrogen-bond acceptors (Lipinski definition) is 9. The summed E-state index contributed by atoms with van der Waals surface area (Å²) in [5.74, 6) is 0.772. The highest BCUT2D eigenvalue weighted by atomic mass is 32.2. The average Bonchev–Trinajstić information content (AvgIpc) is 3.69. The zero-order chi connectivity index (χ0) is 31.1. The number of carbonyl (C=O) groups is 1. The molecule has 3 N–H and O–H groups in total. The highest BCUT2D eigenvalue weighted by Gasteiger charge is 2.23. The number of fused-ring (bicyclic) bond motifs is 2. The maximum absolute atomic E-state index is 13.7. The molecule has 0 spiro atoms. The Kier molecular flexibility index (Phi) is 7.09. The predicted molar refractivity (Wildman–Crippen MR) is 175 cm³/mol. The van der Waals surface area contributed by atoms with E-state index in [1.54, 1.807) is 43.5 Å². The maximum Gasteiger partial charge on any atom is 0.269 e. The number of aromatic amines is 1. The zero-order valence-electron chi connectivity index (χ0n) is 24.7. The van der Waals surface area contributed by atoms with E-state index in [0.717, 1.165) is 46.6 Å². The van der Waals surface area contributed by atoms with Gasteiger partial charge in [-0.2, -0.15) is 15.1 Å². The van der Waals surface area contributed by atoms with Gasteiger partial charge in [0.25, 0.3) is 10.0 Å². The Balaban J connectivity index is 1.23. The molecule has 13 heteroatoms. The number of anilines is 5. The predicted octanol–water partition coefficient (Wildman–Crippen LogP) is 5.01. The van der Waals surface area contributed by atoms with E-state index in [4.69, 9.17) is 4.98 Å². The molecular weight excluding hydrogens is 590 g/mol. The van der Waals surface area contributed by atoms with Gasteiger partial charge in [0.05, 0.1) is 22.0 Å². The third-order valence-corrected chi connectivity index (χ3v) is 9.69. The largest absolute Gasteiger partial charge is 0.368 e. The number of rotatable bonds is 7. The third kappa shape index (κ3) is 5.53. The van der Waals surface area contributed by atoms with Crippen LogP contribution in [0, 0.1) is 6.92 Å². The first kappa shape index (κ1) is 28.3. The van der Waals surface area contributed by atoms with Crippen molar-refractivity contribution in [2.45, 2.75) is 18.7 Å². The summed E-state index contributed by atoms with van der Waals surface area (Å²) in [6.45, 7) is 6.42. The van der Waals surface area contributed by atoms with Crippen LogP contribution in [0.4, 0.5) is 28.8 Å². The van der Waals surface area contributed by atoms with Crippen LogP contribution in [0.25, 0.3) is 21.9 Å². The van der Waals surface area contributed by atoms with Crippen molar-refractivity contribution in [2.75, 3.05) is 41.7 Å². The van der Waals surface area contributed by atoms with Crippen molar-refractivity contribution in [1.29, 1.82) is 0 Å². The molecule has 7 rings (SSSR count). The van der Waals surface area contributed by atoms with E-state index in [9.17, 15) is 13.2 Å². The van der Waals surface area contributed by atoms with Gasteiger partial charge in [-0.15, -0.1) is 0 Å². The summed E-state index contributed by atoms with van der Waals surface area (Å²) in [5.41, 5.74) is 4.59. The average molecular weight is 622 g/mol. The smallest absolute Gasteiger partial charge is 0.269 e. The Morgan fingerprint density at radius 2 is 1.60 bits per heavy atom. The molecule has 1 saturated heterocycles. The Bertz CT molecular complexity index is 2130. The summed E-state index contributed by atoms with van der Waals surface area (Å²) in [6, 6.07) is 22.1. The second kappa shape index (κ2) is 11.2. The summed E-state index contributed by atoms with van der Waals surface area (Å²) in [7, 11) is -3.94. The zero-order valence-corrected chi connectivity index (χ0v) is 25.5. The number of nitrogens with one attached hydrogen (secondary N) is 3. The number of hydrogen-bond donors (Lipinski definition) is 3. The number of benzene rings is 3. The molecule has 12 nitrogen and oxygen atoms in total. The standard InChI is InChI=1S/C32H31N9O3S/c1-21-3-11-27(12-4-21)45(43,44)41-14-13-28-30(34-25-6-5-23-20-33-38-29(23)19-25)36-32(37-31(28)41)35-24-7-9-26(10-8-24)40-17-15-39(16-18-40)22(2)42/h3-14,19-20H,15-18H2,1-2H3,(H,33,38)(H2,34,35,36,37). The molecule has 0 atom stereocenters.